The number of Topliss-reactive ketones (excluding diaryl/α,β-unsaturated/α-hetero) is 1. The zero-order chi connectivity index (χ0) is 26.4. The van der Waals surface area contributed by atoms with E-state index in [-0.39, 0.29) is 5.04 Å². The molecule has 0 saturated heterocycles. The van der Waals surface area contributed by atoms with Gasteiger partial charge in [0.1, 0.15) is 5.78 Å². The highest BCUT2D eigenvalue weighted by Crippen LogP contribution is 2.68. The van der Waals surface area contributed by atoms with Gasteiger partial charge in [0, 0.05) is 19.4 Å². The Morgan fingerprint density at radius 2 is 1.75 bits per heavy atom. The van der Waals surface area contributed by atoms with Crippen LogP contribution in [-0.2, 0) is 9.22 Å². The lowest BCUT2D eigenvalue weighted by Crippen LogP contribution is -2.58. The number of fused-ring (bicyclic) bond motifs is 5. The summed E-state index contributed by atoms with van der Waals surface area (Å²) in [5.74, 6) is 4.09. The Morgan fingerprint density at radius 1 is 1.03 bits per heavy atom. The third-order valence-electron chi connectivity index (χ3n) is 12.2. The first-order valence-electron chi connectivity index (χ1n) is 15.3. The minimum absolute atomic E-state index is 0.252. The summed E-state index contributed by atoms with van der Waals surface area (Å²) in [7, 11) is -1.81. The molecule has 0 aromatic rings. The van der Waals surface area contributed by atoms with Crippen LogP contribution in [0.1, 0.15) is 112 Å². The summed E-state index contributed by atoms with van der Waals surface area (Å²) in [6, 6.07) is 0. The highest BCUT2D eigenvalue weighted by molar-refractivity contribution is 6.74. The van der Waals surface area contributed by atoms with Gasteiger partial charge in [-0.25, -0.2) is 0 Å². The molecule has 4 heteroatoms. The van der Waals surface area contributed by atoms with E-state index in [0.29, 0.717) is 41.2 Å². The van der Waals surface area contributed by atoms with Crippen molar-refractivity contribution in [3.63, 3.8) is 0 Å². The van der Waals surface area contributed by atoms with E-state index in [1.54, 1.807) is 0 Å². The largest absolute Gasteiger partial charge is 0.413 e. The quantitative estimate of drug-likeness (QED) is 0.200. The number of unbranched alkanes of at least 4 members (excludes halogenated alkanes) is 2. The third-order valence-corrected chi connectivity index (χ3v) is 16.7. The number of aliphatic hydroxyl groups excluding tert-OH is 1. The van der Waals surface area contributed by atoms with Crippen LogP contribution in [0.3, 0.4) is 0 Å². The first kappa shape index (κ1) is 28.6. The molecule has 4 aliphatic rings. The van der Waals surface area contributed by atoms with E-state index in [2.05, 4.69) is 59.9 Å². The number of allylic oxidation sites excluding steroid dienone is 2. The molecule has 4 saturated carbocycles. The molecule has 4 rings (SSSR count). The number of ketones is 1. The highest BCUT2D eigenvalue weighted by Gasteiger charge is 2.63. The van der Waals surface area contributed by atoms with E-state index in [4.69, 9.17) is 9.53 Å². The number of hydrogen-bond acceptors (Lipinski definition) is 3. The Labute approximate surface area is 223 Å². The fraction of sp³-hybridized carbons (Fsp3) is 0.906. The predicted octanol–water partition coefficient (Wildman–Crippen LogP) is 8.32. The van der Waals surface area contributed by atoms with Gasteiger partial charge in [0.2, 0.25) is 0 Å². The second-order valence-corrected chi connectivity index (χ2v) is 19.9. The maximum atomic E-state index is 12.5. The highest BCUT2D eigenvalue weighted by atomic mass is 28.4. The molecule has 3 nitrogen and oxygen atoms in total. The Bertz CT molecular complexity index is 813. The summed E-state index contributed by atoms with van der Waals surface area (Å²) < 4.78 is 7.19. The zero-order valence-corrected chi connectivity index (χ0v) is 25.6. The van der Waals surface area contributed by atoms with Crippen molar-refractivity contribution >= 4 is 14.1 Å². The van der Waals surface area contributed by atoms with Crippen molar-refractivity contribution < 1.29 is 14.3 Å². The van der Waals surface area contributed by atoms with Crippen LogP contribution in [0.25, 0.3) is 0 Å². The van der Waals surface area contributed by atoms with Gasteiger partial charge in [-0.15, -0.1) is 0 Å². The summed E-state index contributed by atoms with van der Waals surface area (Å²) in [6.07, 6.45) is 18.6. The molecule has 0 amide bonds. The molecule has 0 radical (unpaired) electrons. The molecule has 0 heterocycles. The Kier molecular flexibility index (Phi) is 8.41. The Balaban J connectivity index is 1.58. The summed E-state index contributed by atoms with van der Waals surface area (Å²) >= 11 is 0. The van der Waals surface area contributed by atoms with Crippen LogP contribution in [0.15, 0.2) is 12.2 Å². The van der Waals surface area contributed by atoms with Gasteiger partial charge in [-0.05, 0) is 123 Å². The number of aliphatic hydroxyl groups is 1. The summed E-state index contributed by atoms with van der Waals surface area (Å²) in [6.45, 7) is 17.5. The van der Waals surface area contributed by atoms with Gasteiger partial charge in [-0.1, -0.05) is 46.8 Å². The fourth-order valence-electron chi connectivity index (χ4n) is 8.90. The molecule has 0 bridgehead atoms. The average Bonchev–Trinajstić information content (AvgIpc) is 3.11. The Morgan fingerprint density at radius 3 is 2.44 bits per heavy atom. The average molecular weight is 517 g/mol. The number of rotatable bonds is 8. The van der Waals surface area contributed by atoms with E-state index < -0.39 is 8.32 Å². The minimum Gasteiger partial charge on any atom is -0.413 e. The van der Waals surface area contributed by atoms with Gasteiger partial charge >= 0.3 is 0 Å². The maximum absolute atomic E-state index is 12.5. The van der Waals surface area contributed by atoms with Crippen molar-refractivity contribution in [3.05, 3.63) is 12.2 Å². The van der Waals surface area contributed by atoms with Crippen molar-refractivity contribution in [2.75, 3.05) is 6.61 Å². The van der Waals surface area contributed by atoms with Crippen LogP contribution in [-0.4, -0.2) is 31.9 Å². The number of carbonyl (C=O) groups is 1. The van der Waals surface area contributed by atoms with Crippen molar-refractivity contribution in [2.45, 2.75) is 136 Å². The lowest BCUT2D eigenvalue weighted by Gasteiger charge is -2.62. The number of hydrogen-bond donors (Lipinski definition) is 1. The van der Waals surface area contributed by atoms with E-state index in [0.717, 1.165) is 56.3 Å². The van der Waals surface area contributed by atoms with Crippen molar-refractivity contribution in [1.29, 1.82) is 0 Å². The third kappa shape index (κ3) is 5.22. The zero-order valence-electron chi connectivity index (χ0n) is 24.6. The molecule has 36 heavy (non-hydrogen) atoms. The second kappa shape index (κ2) is 10.6. The first-order valence-corrected chi connectivity index (χ1v) is 18.2. The standard InChI is InChI=1S/C32H56O3Si/c1-30(2,3)36(6,7)35-28-15-14-26-29-23(13-11-9-8-10-12-20-33)21-24-22-25(34)16-18-31(24,4)27(29)17-19-32(26,28)5/h9,11,23-24,26-29,33H,8,10,12-22H2,1-7H3/t23-,24+,26+,27+,28+,29+,31+,32+/m1/s1. The molecule has 206 valence electrons. The van der Waals surface area contributed by atoms with Crippen LogP contribution in [0.2, 0.25) is 18.1 Å². The summed E-state index contributed by atoms with van der Waals surface area (Å²) in [4.78, 5) is 12.5. The Hall–Kier alpha value is -0.453. The molecule has 0 spiro atoms. The molecule has 4 aliphatic carbocycles. The van der Waals surface area contributed by atoms with E-state index in [1.807, 2.05) is 0 Å². The normalized spacial score (nSPS) is 41.3. The molecule has 0 aromatic heterocycles. The van der Waals surface area contributed by atoms with Gasteiger partial charge in [0.05, 0.1) is 6.10 Å². The summed E-state index contributed by atoms with van der Waals surface area (Å²) in [5, 5.41) is 9.35. The molecule has 0 unspecified atom stereocenters. The van der Waals surface area contributed by atoms with Crippen LogP contribution < -0.4 is 0 Å². The van der Waals surface area contributed by atoms with Gasteiger partial charge in [0.15, 0.2) is 8.32 Å². The van der Waals surface area contributed by atoms with Crippen LogP contribution in [0.4, 0.5) is 0 Å². The van der Waals surface area contributed by atoms with Crippen molar-refractivity contribution in [1.82, 2.24) is 0 Å². The molecule has 0 aliphatic heterocycles. The van der Waals surface area contributed by atoms with Crippen LogP contribution >= 0.6 is 0 Å². The maximum Gasteiger partial charge on any atom is 0.192 e. The second-order valence-electron chi connectivity index (χ2n) is 15.1. The van der Waals surface area contributed by atoms with E-state index in [9.17, 15) is 4.79 Å². The van der Waals surface area contributed by atoms with E-state index in [1.165, 1.54) is 38.5 Å². The van der Waals surface area contributed by atoms with Crippen molar-refractivity contribution in [2.24, 2.45) is 40.4 Å². The predicted molar refractivity (Wildman–Crippen MR) is 152 cm³/mol. The smallest absolute Gasteiger partial charge is 0.192 e. The van der Waals surface area contributed by atoms with Crippen molar-refractivity contribution in [3.8, 4) is 0 Å². The fourth-order valence-corrected chi connectivity index (χ4v) is 10.4. The monoisotopic (exact) mass is 516 g/mol. The first-order chi connectivity index (χ1) is 16.8. The molecular weight excluding hydrogens is 460 g/mol. The van der Waals surface area contributed by atoms with E-state index >= 15 is 0 Å². The van der Waals surface area contributed by atoms with Gasteiger partial charge in [-0.3, -0.25) is 4.79 Å². The molecule has 4 fully saturated rings. The van der Waals surface area contributed by atoms with Crippen LogP contribution in [0, 0.1) is 40.4 Å². The number of carbonyl (C=O) groups excluding carboxylic acids is 1. The SMILES string of the molecule is CC(C)(C)[Si](C)(C)O[C@H]1CC[C@H]2[C@@H]3[C@H](CC=CCCCCO)C[C@H]4CC(=O)CC[C@]4(C)[C@H]3CC[C@]12C. The lowest BCUT2D eigenvalue weighted by molar-refractivity contribution is -0.154. The lowest BCUT2D eigenvalue weighted by atomic mass is 9.42. The van der Waals surface area contributed by atoms with Gasteiger partial charge < -0.3 is 9.53 Å². The minimum atomic E-state index is -1.81. The molecule has 8 atom stereocenters. The topological polar surface area (TPSA) is 46.5 Å². The molecular formula is C32H56O3Si. The van der Waals surface area contributed by atoms with Gasteiger partial charge in [0.25, 0.3) is 0 Å². The van der Waals surface area contributed by atoms with Gasteiger partial charge in [-0.2, -0.15) is 0 Å². The molecule has 0 aromatic carbocycles. The molecule has 1 N–H and O–H groups in total. The van der Waals surface area contributed by atoms with Crippen LogP contribution in [0.5, 0.6) is 0 Å². The summed E-state index contributed by atoms with van der Waals surface area (Å²) in [5.41, 5.74) is 0.646.